The summed E-state index contributed by atoms with van der Waals surface area (Å²) in [5.74, 6) is 0. The second kappa shape index (κ2) is 1.96. The number of hydrogen-bond donors (Lipinski definition) is 2. The predicted octanol–water partition coefficient (Wildman–Crippen LogP) is 0.461. The van der Waals surface area contributed by atoms with E-state index in [1.165, 1.54) is 0 Å². The summed E-state index contributed by atoms with van der Waals surface area (Å²) in [6, 6.07) is 0.625. The van der Waals surface area contributed by atoms with Crippen molar-refractivity contribution in [3.05, 3.63) is 0 Å². The molecule has 0 heterocycles. The van der Waals surface area contributed by atoms with Gasteiger partial charge in [-0.1, -0.05) is 13.8 Å². The second-order valence-corrected chi connectivity index (χ2v) is 3.61. The van der Waals surface area contributed by atoms with Gasteiger partial charge < -0.3 is 11.5 Å². The molecule has 4 N–H and O–H groups in total. The van der Waals surface area contributed by atoms with Gasteiger partial charge in [0.1, 0.15) is 0 Å². The van der Waals surface area contributed by atoms with E-state index in [0.29, 0.717) is 12.1 Å². The largest absolute Gasteiger partial charge is 0.327 e. The Morgan fingerprint density at radius 2 is 1.44 bits per heavy atom. The first-order valence-corrected chi connectivity index (χ1v) is 3.56. The molecule has 0 aromatic heterocycles. The van der Waals surface area contributed by atoms with Crippen LogP contribution in [0, 0.1) is 5.41 Å². The van der Waals surface area contributed by atoms with Crippen LogP contribution >= 0.6 is 0 Å². The fourth-order valence-corrected chi connectivity index (χ4v) is 1.38. The fourth-order valence-electron chi connectivity index (χ4n) is 1.38. The SMILES string of the molecule is CC1(C)[C@H](N)CC[C@H]1N. The maximum atomic E-state index is 5.82. The average Bonchev–Trinajstić information content (AvgIpc) is 1.96. The van der Waals surface area contributed by atoms with Crippen molar-refractivity contribution in [1.29, 1.82) is 0 Å². The zero-order valence-corrected chi connectivity index (χ0v) is 6.22. The van der Waals surface area contributed by atoms with Gasteiger partial charge >= 0.3 is 0 Å². The predicted molar refractivity (Wildman–Crippen MR) is 39.0 cm³/mol. The Hall–Kier alpha value is -0.0800. The summed E-state index contributed by atoms with van der Waals surface area (Å²) >= 11 is 0. The summed E-state index contributed by atoms with van der Waals surface area (Å²) in [7, 11) is 0. The highest BCUT2D eigenvalue weighted by Crippen LogP contribution is 2.34. The molecule has 0 unspecified atom stereocenters. The fraction of sp³-hybridized carbons (Fsp3) is 1.00. The van der Waals surface area contributed by atoms with Crippen molar-refractivity contribution in [2.75, 3.05) is 0 Å². The molecule has 54 valence electrons. The Balaban J connectivity index is 2.66. The molecule has 0 amide bonds. The van der Waals surface area contributed by atoms with E-state index in [9.17, 15) is 0 Å². The summed E-state index contributed by atoms with van der Waals surface area (Å²) in [4.78, 5) is 0. The van der Waals surface area contributed by atoms with Crippen LogP contribution in [0.15, 0.2) is 0 Å². The topological polar surface area (TPSA) is 52.0 Å². The van der Waals surface area contributed by atoms with Crippen LogP contribution in [0.4, 0.5) is 0 Å². The molecule has 1 aliphatic carbocycles. The van der Waals surface area contributed by atoms with Crippen molar-refractivity contribution in [3.8, 4) is 0 Å². The molecular weight excluding hydrogens is 112 g/mol. The van der Waals surface area contributed by atoms with E-state index in [1.807, 2.05) is 0 Å². The lowest BCUT2D eigenvalue weighted by Crippen LogP contribution is -2.42. The van der Waals surface area contributed by atoms with Crippen LogP contribution in [-0.4, -0.2) is 12.1 Å². The molecule has 2 nitrogen and oxygen atoms in total. The Kier molecular flexibility index (Phi) is 1.53. The molecule has 1 rings (SSSR count). The van der Waals surface area contributed by atoms with Crippen LogP contribution in [0.2, 0.25) is 0 Å². The van der Waals surface area contributed by atoms with Crippen LogP contribution < -0.4 is 11.5 Å². The zero-order chi connectivity index (χ0) is 7.07. The number of nitrogens with two attached hydrogens (primary N) is 2. The first-order chi connectivity index (χ1) is 4.05. The van der Waals surface area contributed by atoms with Crippen molar-refractivity contribution < 1.29 is 0 Å². The minimum atomic E-state index is 0.167. The maximum Gasteiger partial charge on any atom is 0.0106 e. The van der Waals surface area contributed by atoms with Crippen molar-refractivity contribution in [2.24, 2.45) is 16.9 Å². The molecule has 1 saturated carbocycles. The third-order valence-corrected chi connectivity index (χ3v) is 2.70. The van der Waals surface area contributed by atoms with Gasteiger partial charge in [-0.3, -0.25) is 0 Å². The Morgan fingerprint density at radius 3 is 1.56 bits per heavy atom. The molecule has 0 saturated heterocycles. The van der Waals surface area contributed by atoms with Gasteiger partial charge in [-0.25, -0.2) is 0 Å². The summed E-state index contributed by atoms with van der Waals surface area (Å²) < 4.78 is 0. The third-order valence-electron chi connectivity index (χ3n) is 2.70. The van der Waals surface area contributed by atoms with Gasteiger partial charge in [-0.05, 0) is 18.3 Å². The van der Waals surface area contributed by atoms with Crippen molar-refractivity contribution in [2.45, 2.75) is 38.8 Å². The van der Waals surface area contributed by atoms with E-state index in [2.05, 4.69) is 13.8 Å². The normalized spacial score (nSPS) is 41.3. The summed E-state index contributed by atoms with van der Waals surface area (Å²) in [6.45, 7) is 4.30. The standard InChI is InChI=1S/C7H16N2/c1-7(2)5(8)3-4-6(7)9/h5-6H,3-4,8-9H2,1-2H3/t5-,6-/m1/s1. The molecule has 0 aromatic carbocycles. The van der Waals surface area contributed by atoms with E-state index in [4.69, 9.17) is 11.5 Å². The quantitative estimate of drug-likeness (QED) is 0.498. The van der Waals surface area contributed by atoms with Gasteiger partial charge in [0, 0.05) is 12.1 Å². The highest BCUT2D eigenvalue weighted by molar-refractivity contribution is 4.96. The van der Waals surface area contributed by atoms with Crippen molar-refractivity contribution in [3.63, 3.8) is 0 Å². The highest BCUT2D eigenvalue weighted by Gasteiger charge is 2.38. The van der Waals surface area contributed by atoms with Crippen LogP contribution in [-0.2, 0) is 0 Å². The lowest BCUT2D eigenvalue weighted by molar-refractivity contribution is 0.294. The summed E-state index contributed by atoms with van der Waals surface area (Å²) in [5.41, 5.74) is 11.8. The van der Waals surface area contributed by atoms with Crippen LogP contribution in [0.1, 0.15) is 26.7 Å². The summed E-state index contributed by atoms with van der Waals surface area (Å²) in [5, 5.41) is 0. The van der Waals surface area contributed by atoms with Crippen molar-refractivity contribution >= 4 is 0 Å². The zero-order valence-electron chi connectivity index (χ0n) is 6.22. The van der Waals surface area contributed by atoms with Crippen LogP contribution in [0.25, 0.3) is 0 Å². The lowest BCUT2D eigenvalue weighted by atomic mass is 9.85. The molecule has 0 bridgehead atoms. The van der Waals surface area contributed by atoms with Crippen molar-refractivity contribution in [1.82, 2.24) is 0 Å². The van der Waals surface area contributed by atoms with Gasteiger partial charge in [-0.15, -0.1) is 0 Å². The molecule has 1 fully saturated rings. The highest BCUT2D eigenvalue weighted by atomic mass is 14.8. The smallest absolute Gasteiger partial charge is 0.0106 e. The monoisotopic (exact) mass is 128 g/mol. The molecule has 2 heteroatoms. The molecule has 1 aliphatic rings. The summed E-state index contributed by atoms with van der Waals surface area (Å²) in [6.07, 6.45) is 2.18. The van der Waals surface area contributed by atoms with Gasteiger partial charge in [0.25, 0.3) is 0 Å². The first kappa shape index (κ1) is 7.03. The molecule has 0 aromatic rings. The van der Waals surface area contributed by atoms with Gasteiger partial charge in [0.15, 0.2) is 0 Å². The third kappa shape index (κ3) is 0.970. The molecule has 2 atom stereocenters. The number of rotatable bonds is 0. The maximum absolute atomic E-state index is 5.82. The lowest BCUT2D eigenvalue weighted by Gasteiger charge is -2.27. The second-order valence-electron chi connectivity index (χ2n) is 3.61. The minimum absolute atomic E-state index is 0.167. The Morgan fingerprint density at radius 1 is 1.11 bits per heavy atom. The molecule has 9 heavy (non-hydrogen) atoms. The van der Waals surface area contributed by atoms with Gasteiger partial charge in [0.2, 0.25) is 0 Å². The van der Waals surface area contributed by atoms with E-state index >= 15 is 0 Å². The van der Waals surface area contributed by atoms with E-state index in [1.54, 1.807) is 0 Å². The molecular formula is C7H16N2. The minimum Gasteiger partial charge on any atom is -0.327 e. The van der Waals surface area contributed by atoms with Gasteiger partial charge in [0.05, 0.1) is 0 Å². The Labute approximate surface area is 56.6 Å². The number of hydrogen-bond acceptors (Lipinski definition) is 2. The average molecular weight is 128 g/mol. The van der Waals surface area contributed by atoms with E-state index in [-0.39, 0.29) is 5.41 Å². The van der Waals surface area contributed by atoms with Crippen LogP contribution in [0.3, 0.4) is 0 Å². The first-order valence-electron chi connectivity index (χ1n) is 3.56. The van der Waals surface area contributed by atoms with E-state index in [0.717, 1.165) is 12.8 Å². The molecule has 0 radical (unpaired) electrons. The Bertz CT molecular complexity index is 97.5. The van der Waals surface area contributed by atoms with Crippen LogP contribution in [0.5, 0.6) is 0 Å². The molecule has 0 aliphatic heterocycles. The van der Waals surface area contributed by atoms with Gasteiger partial charge in [-0.2, -0.15) is 0 Å². The van der Waals surface area contributed by atoms with E-state index < -0.39 is 0 Å². The molecule has 0 spiro atoms.